The molecule has 1 aromatic rings. The Labute approximate surface area is 82.6 Å². The van der Waals surface area contributed by atoms with Crippen molar-refractivity contribution < 1.29 is 14.2 Å². The van der Waals surface area contributed by atoms with Gasteiger partial charge in [-0.25, -0.2) is 0 Å². The molecule has 0 amide bonds. The van der Waals surface area contributed by atoms with Gasteiger partial charge in [0.05, 0.1) is 6.61 Å². The summed E-state index contributed by atoms with van der Waals surface area (Å²) in [6.45, 7) is 1.49. The van der Waals surface area contributed by atoms with Crippen molar-refractivity contribution in [2.45, 2.75) is 6.10 Å². The Bertz CT molecular complexity index is 280. The Morgan fingerprint density at radius 3 is 2.79 bits per heavy atom. The average molecular weight is 195 g/mol. The van der Waals surface area contributed by atoms with E-state index in [0.717, 1.165) is 11.4 Å². The molecule has 1 aliphatic heterocycles. The summed E-state index contributed by atoms with van der Waals surface area (Å²) in [4.78, 5) is 0. The molecule has 1 fully saturated rings. The Morgan fingerprint density at radius 1 is 1.36 bits per heavy atom. The van der Waals surface area contributed by atoms with Crippen LogP contribution < -0.4 is 10.5 Å². The van der Waals surface area contributed by atoms with Gasteiger partial charge in [-0.05, 0) is 24.3 Å². The first-order valence-electron chi connectivity index (χ1n) is 4.52. The van der Waals surface area contributed by atoms with Gasteiger partial charge in [-0.15, -0.1) is 0 Å². The maximum Gasteiger partial charge on any atom is 0.147 e. The fourth-order valence-corrected chi connectivity index (χ4v) is 1.22. The molecular formula is C10H13NO3. The topological polar surface area (TPSA) is 53.7 Å². The highest BCUT2D eigenvalue weighted by molar-refractivity contribution is 5.41. The van der Waals surface area contributed by atoms with Crippen molar-refractivity contribution in [3.8, 4) is 5.75 Å². The molecule has 0 bridgehead atoms. The molecule has 0 saturated carbocycles. The Hall–Kier alpha value is -1.26. The van der Waals surface area contributed by atoms with E-state index in [9.17, 15) is 0 Å². The number of hydrogen-bond donors (Lipinski definition) is 1. The molecular weight excluding hydrogens is 182 g/mol. The summed E-state index contributed by atoms with van der Waals surface area (Å²) in [5, 5.41) is 0. The van der Waals surface area contributed by atoms with Crippen molar-refractivity contribution in [2.24, 2.45) is 0 Å². The van der Waals surface area contributed by atoms with Gasteiger partial charge in [-0.2, -0.15) is 0 Å². The highest BCUT2D eigenvalue weighted by Crippen LogP contribution is 2.14. The minimum Gasteiger partial charge on any atom is -0.491 e. The number of nitrogen functional groups attached to an aromatic ring is 1. The third kappa shape index (κ3) is 2.37. The summed E-state index contributed by atoms with van der Waals surface area (Å²) in [5.74, 6) is 0.801. The van der Waals surface area contributed by atoms with Gasteiger partial charge < -0.3 is 19.9 Å². The third-order valence-electron chi connectivity index (χ3n) is 2.01. The molecule has 1 aromatic carbocycles. The quantitative estimate of drug-likeness (QED) is 0.731. The number of ether oxygens (including phenoxy) is 3. The monoisotopic (exact) mass is 195 g/mol. The smallest absolute Gasteiger partial charge is 0.147 e. The largest absolute Gasteiger partial charge is 0.491 e. The highest BCUT2D eigenvalue weighted by Gasteiger charge is 2.16. The molecule has 0 radical (unpaired) electrons. The van der Waals surface area contributed by atoms with Crippen LogP contribution in [0.5, 0.6) is 5.75 Å². The van der Waals surface area contributed by atoms with Crippen LogP contribution in [0.15, 0.2) is 24.3 Å². The fraction of sp³-hybridized carbons (Fsp3) is 0.400. The molecule has 1 unspecified atom stereocenters. The van der Waals surface area contributed by atoms with Gasteiger partial charge >= 0.3 is 0 Å². The van der Waals surface area contributed by atoms with E-state index in [1.54, 1.807) is 12.1 Å². The standard InChI is InChI=1S/C10H13NO3/c11-8-1-3-9(4-2-8)13-6-10-5-12-7-14-10/h1-4,10H,5-7,11H2. The molecule has 76 valence electrons. The predicted molar refractivity (Wildman–Crippen MR) is 52.0 cm³/mol. The molecule has 2 N–H and O–H groups in total. The normalized spacial score (nSPS) is 21.0. The lowest BCUT2D eigenvalue weighted by Gasteiger charge is -2.09. The van der Waals surface area contributed by atoms with Crippen molar-refractivity contribution in [3.05, 3.63) is 24.3 Å². The van der Waals surface area contributed by atoms with Crippen LogP contribution in [0.3, 0.4) is 0 Å². The van der Waals surface area contributed by atoms with Crippen molar-refractivity contribution in [2.75, 3.05) is 25.7 Å². The van der Waals surface area contributed by atoms with Gasteiger partial charge in [0.25, 0.3) is 0 Å². The summed E-state index contributed by atoms with van der Waals surface area (Å²) in [7, 11) is 0. The Kier molecular flexibility index (Phi) is 2.86. The molecule has 1 saturated heterocycles. The second-order valence-electron chi connectivity index (χ2n) is 3.16. The molecule has 0 aliphatic carbocycles. The van der Waals surface area contributed by atoms with E-state index in [0.29, 0.717) is 20.0 Å². The SMILES string of the molecule is Nc1ccc(OCC2COCO2)cc1. The lowest BCUT2D eigenvalue weighted by atomic mass is 10.3. The van der Waals surface area contributed by atoms with E-state index in [-0.39, 0.29) is 6.10 Å². The number of hydrogen-bond acceptors (Lipinski definition) is 4. The van der Waals surface area contributed by atoms with E-state index in [2.05, 4.69) is 0 Å². The molecule has 1 atom stereocenters. The summed E-state index contributed by atoms with van der Waals surface area (Å²) >= 11 is 0. The van der Waals surface area contributed by atoms with Crippen LogP contribution in [0.1, 0.15) is 0 Å². The zero-order chi connectivity index (χ0) is 9.80. The van der Waals surface area contributed by atoms with Crippen LogP contribution >= 0.6 is 0 Å². The molecule has 0 aromatic heterocycles. The molecule has 14 heavy (non-hydrogen) atoms. The average Bonchev–Trinajstić information content (AvgIpc) is 2.70. The third-order valence-corrected chi connectivity index (χ3v) is 2.01. The van der Waals surface area contributed by atoms with Crippen LogP contribution in [0.4, 0.5) is 5.69 Å². The minimum absolute atomic E-state index is 0.0487. The van der Waals surface area contributed by atoms with Crippen LogP contribution in [0.25, 0.3) is 0 Å². The lowest BCUT2D eigenvalue weighted by molar-refractivity contribution is 0.0320. The molecule has 4 heteroatoms. The zero-order valence-electron chi connectivity index (χ0n) is 7.81. The van der Waals surface area contributed by atoms with Crippen LogP contribution in [-0.2, 0) is 9.47 Å². The van der Waals surface area contributed by atoms with Crippen LogP contribution in [0.2, 0.25) is 0 Å². The van der Waals surface area contributed by atoms with Crippen molar-refractivity contribution in [1.29, 1.82) is 0 Å². The van der Waals surface area contributed by atoms with Gasteiger partial charge in [0.15, 0.2) is 0 Å². The van der Waals surface area contributed by atoms with Gasteiger partial charge in [0.1, 0.15) is 25.3 Å². The number of rotatable bonds is 3. The summed E-state index contributed by atoms with van der Waals surface area (Å²) in [6.07, 6.45) is 0.0487. The van der Waals surface area contributed by atoms with Gasteiger partial charge in [-0.3, -0.25) is 0 Å². The Morgan fingerprint density at radius 2 is 2.14 bits per heavy atom. The highest BCUT2D eigenvalue weighted by atomic mass is 16.7. The molecule has 1 heterocycles. The van der Waals surface area contributed by atoms with Crippen molar-refractivity contribution in [3.63, 3.8) is 0 Å². The van der Waals surface area contributed by atoms with E-state index >= 15 is 0 Å². The van der Waals surface area contributed by atoms with Gasteiger partial charge in [0.2, 0.25) is 0 Å². The lowest BCUT2D eigenvalue weighted by Crippen LogP contribution is -2.19. The van der Waals surface area contributed by atoms with Crippen LogP contribution in [0, 0.1) is 0 Å². The zero-order valence-corrected chi connectivity index (χ0v) is 7.81. The maximum atomic E-state index is 5.54. The first-order valence-corrected chi connectivity index (χ1v) is 4.52. The second-order valence-corrected chi connectivity index (χ2v) is 3.16. The number of nitrogens with two attached hydrogens (primary N) is 1. The van der Waals surface area contributed by atoms with Crippen molar-refractivity contribution >= 4 is 5.69 Å². The predicted octanol–water partition coefficient (Wildman–Crippen LogP) is 1.02. The Balaban J connectivity index is 1.82. The van der Waals surface area contributed by atoms with E-state index in [1.807, 2.05) is 12.1 Å². The van der Waals surface area contributed by atoms with Gasteiger partial charge in [0, 0.05) is 5.69 Å². The fourth-order valence-electron chi connectivity index (χ4n) is 1.22. The molecule has 4 nitrogen and oxygen atoms in total. The minimum atomic E-state index is 0.0487. The summed E-state index contributed by atoms with van der Waals surface area (Å²) in [6, 6.07) is 7.29. The molecule has 2 rings (SSSR count). The molecule has 1 aliphatic rings. The van der Waals surface area contributed by atoms with E-state index in [1.165, 1.54) is 0 Å². The van der Waals surface area contributed by atoms with Crippen molar-refractivity contribution in [1.82, 2.24) is 0 Å². The maximum absolute atomic E-state index is 5.54. The first kappa shape index (κ1) is 9.30. The van der Waals surface area contributed by atoms with Gasteiger partial charge in [-0.1, -0.05) is 0 Å². The summed E-state index contributed by atoms with van der Waals surface area (Å²) in [5.41, 5.74) is 6.28. The summed E-state index contributed by atoms with van der Waals surface area (Å²) < 4.78 is 15.8. The van der Waals surface area contributed by atoms with Crippen LogP contribution in [-0.4, -0.2) is 26.1 Å². The second kappa shape index (κ2) is 4.30. The first-order chi connectivity index (χ1) is 6.84. The number of anilines is 1. The number of benzene rings is 1. The van der Waals surface area contributed by atoms with E-state index < -0.39 is 0 Å². The van der Waals surface area contributed by atoms with E-state index in [4.69, 9.17) is 19.9 Å². The molecule has 0 spiro atoms.